The molecule has 3 aromatic carbocycles. The van der Waals surface area contributed by atoms with E-state index in [0.29, 0.717) is 6.04 Å². The lowest BCUT2D eigenvalue weighted by atomic mass is 9.98. The molecule has 1 aromatic heterocycles. The van der Waals surface area contributed by atoms with Gasteiger partial charge >= 0.3 is 5.69 Å². The lowest BCUT2D eigenvalue weighted by molar-refractivity contribution is -0.121. The number of hydrogen-bond donors (Lipinski definition) is 1. The molecule has 1 unspecified atom stereocenters. The summed E-state index contributed by atoms with van der Waals surface area (Å²) >= 11 is 0. The zero-order valence-electron chi connectivity index (χ0n) is 20.2. The number of amides is 1. The second-order valence-electron chi connectivity index (χ2n) is 9.58. The van der Waals surface area contributed by atoms with Crippen LogP contribution in [-0.4, -0.2) is 47.2 Å². The molecule has 4 aromatic rings. The summed E-state index contributed by atoms with van der Waals surface area (Å²) in [5.41, 5.74) is 4.30. The largest absolute Gasteiger partial charge is 0.496 e. The molecule has 1 N–H and O–H groups in total. The molecule has 0 bridgehead atoms. The summed E-state index contributed by atoms with van der Waals surface area (Å²) in [6, 6.07) is 19.0. The van der Waals surface area contributed by atoms with Crippen LogP contribution < -0.4 is 15.7 Å². The van der Waals surface area contributed by atoms with Crippen molar-refractivity contribution in [2.45, 2.75) is 37.9 Å². The monoisotopic (exact) mass is 470 g/mol. The van der Waals surface area contributed by atoms with E-state index < -0.39 is 0 Å². The SMILES string of the molecule is CNC(=O)Cn1c(=O)n(C2CCN(C3Cc4cccc5ccc(OC)c3c45)CC2)c2ccccc21. The fourth-order valence-corrected chi connectivity index (χ4v) is 6.18. The van der Waals surface area contributed by atoms with Gasteiger partial charge in [0.1, 0.15) is 12.3 Å². The number of benzene rings is 3. The lowest BCUT2D eigenvalue weighted by Gasteiger charge is -2.37. The molecule has 35 heavy (non-hydrogen) atoms. The highest BCUT2D eigenvalue weighted by Gasteiger charge is 2.35. The molecular weight excluding hydrogens is 440 g/mol. The number of ether oxygens (including phenoxy) is 1. The smallest absolute Gasteiger partial charge is 0.329 e. The van der Waals surface area contributed by atoms with E-state index in [2.05, 4.69) is 40.5 Å². The van der Waals surface area contributed by atoms with E-state index in [1.165, 1.54) is 21.9 Å². The van der Waals surface area contributed by atoms with Crippen molar-refractivity contribution >= 4 is 27.7 Å². The van der Waals surface area contributed by atoms with Gasteiger partial charge in [-0.15, -0.1) is 0 Å². The number of hydrogen-bond acceptors (Lipinski definition) is 4. The topological polar surface area (TPSA) is 68.5 Å². The minimum Gasteiger partial charge on any atom is -0.496 e. The Morgan fingerprint density at radius 2 is 1.80 bits per heavy atom. The Balaban J connectivity index is 1.29. The number of rotatable bonds is 5. The van der Waals surface area contributed by atoms with Gasteiger partial charge in [0.25, 0.3) is 0 Å². The van der Waals surface area contributed by atoms with E-state index in [4.69, 9.17) is 4.74 Å². The van der Waals surface area contributed by atoms with Gasteiger partial charge in [0.15, 0.2) is 0 Å². The normalized spacial score (nSPS) is 18.4. The van der Waals surface area contributed by atoms with E-state index in [1.54, 1.807) is 18.7 Å². The first-order chi connectivity index (χ1) is 17.1. The molecule has 6 rings (SSSR count). The van der Waals surface area contributed by atoms with Crippen LogP contribution in [-0.2, 0) is 17.8 Å². The number of nitrogens with zero attached hydrogens (tertiary/aromatic N) is 3. The van der Waals surface area contributed by atoms with Gasteiger partial charge in [-0.2, -0.15) is 0 Å². The summed E-state index contributed by atoms with van der Waals surface area (Å²) in [7, 11) is 3.35. The van der Waals surface area contributed by atoms with Gasteiger partial charge in [-0.1, -0.05) is 36.4 Å². The van der Waals surface area contributed by atoms with Crippen LogP contribution >= 0.6 is 0 Å². The molecule has 1 aliphatic heterocycles. The molecular formula is C28H30N4O3. The van der Waals surface area contributed by atoms with E-state index in [1.807, 2.05) is 28.8 Å². The van der Waals surface area contributed by atoms with Crippen molar-refractivity contribution in [2.24, 2.45) is 0 Å². The molecule has 1 fully saturated rings. The van der Waals surface area contributed by atoms with E-state index in [0.717, 1.165) is 49.1 Å². The number of piperidine rings is 1. The fourth-order valence-electron chi connectivity index (χ4n) is 6.18. The van der Waals surface area contributed by atoms with Crippen molar-refractivity contribution in [1.82, 2.24) is 19.4 Å². The van der Waals surface area contributed by atoms with Crippen LogP contribution in [0, 0.1) is 0 Å². The number of likely N-dealkylation sites (tertiary alicyclic amines) is 1. The molecule has 0 radical (unpaired) electrons. The van der Waals surface area contributed by atoms with Crippen LogP contribution in [0.3, 0.4) is 0 Å². The van der Waals surface area contributed by atoms with Gasteiger partial charge in [0.05, 0.1) is 18.1 Å². The van der Waals surface area contributed by atoms with Crippen LogP contribution in [0.2, 0.25) is 0 Å². The number of nitrogens with one attached hydrogen (secondary N) is 1. The van der Waals surface area contributed by atoms with Crippen LogP contribution in [0.15, 0.2) is 59.4 Å². The summed E-state index contributed by atoms with van der Waals surface area (Å²) in [4.78, 5) is 28.1. The summed E-state index contributed by atoms with van der Waals surface area (Å²) in [6.45, 7) is 1.85. The summed E-state index contributed by atoms with van der Waals surface area (Å²) in [5.74, 6) is 0.789. The Morgan fingerprint density at radius 1 is 1.03 bits per heavy atom. The molecule has 1 saturated heterocycles. The van der Waals surface area contributed by atoms with Gasteiger partial charge in [-0.05, 0) is 53.8 Å². The second-order valence-corrected chi connectivity index (χ2v) is 9.58. The minimum atomic E-state index is -0.172. The third-order valence-corrected chi connectivity index (χ3v) is 7.85. The van der Waals surface area contributed by atoms with Crippen LogP contribution in [0.5, 0.6) is 5.75 Å². The third-order valence-electron chi connectivity index (χ3n) is 7.85. The number of carbonyl (C=O) groups is 1. The van der Waals surface area contributed by atoms with Crippen LogP contribution in [0.4, 0.5) is 0 Å². The van der Waals surface area contributed by atoms with Gasteiger partial charge in [0, 0.05) is 37.8 Å². The van der Waals surface area contributed by atoms with E-state index >= 15 is 0 Å². The Hall–Kier alpha value is -3.58. The molecule has 1 atom stereocenters. The van der Waals surface area contributed by atoms with Crippen molar-refractivity contribution in [2.75, 3.05) is 27.2 Å². The lowest BCUT2D eigenvalue weighted by Crippen LogP contribution is -2.40. The van der Waals surface area contributed by atoms with Crippen molar-refractivity contribution in [1.29, 1.82) is 0 Å². The summed E-state index contributed by atoms with van der Waals surface area (Å²) < 4.78 is 9.30. The Kier molecular flexibility index (Phi) is 5.37. The highest BCUT2D eigenvalue weighted by molar-refractivity contribution is 5.93. The van der Waals surface area contributed by atoms with Crippen molar-refractivity contribution in [3.63, 3.8) is 0 Å². The number of imidazole rings is 1. The Bertz CT molecular complexity index is 1490. The first kappa shape index (κ1) is 21.9. The third kappa shape index (κ3) is 3.45. The average Bonchev–Trinajstić information content (AvgIpc) is 3.41. The Labute approximate surface area is 203 Å². The quantitative estimate of drug-likeness (QED) is 0.484. The number of para-hydroxylation sites is 2. The van der Waals surface area contributed by atoms with Crippen molar-refractivity contribution in [3.8, 4) is 5.75 Å². The molecule has 2 aliphatic rings. The number of aromatic nitrogens is 2. The number of carbonyl (C=O) groups excluding carboxylic acids is 1. The van der Waals surface area contributed by atoms with Crippen molar-refractivity contribution in [3.05, 3.63) is 76.2 Å². The second kappa shape index (κ2) is 8.57. The maximum absolute atomic E-state index is 13.5. The van der Waals surface area contributed by atoms with Gasteiger partial charge in [-0.3, -0.25) is 18.8 Å². The van der Waals surface area contributed by atoms with Gasteiger partial charge < -0.3 is 10.1 Å². The van der Waals surface area contributed by atoms with Crippen LogP contribution in [0.1, 0.15) is 36.1 Å². The molecule has 1 aliphatic carbocycles. The summed E-state index contributed by atoms with van der Waals surface area (Å²) in [5, 5.41) is 5.24. The molecule has 1 amide bonds. The minimum absolute atomic E-state index is 0.0336. The maximum atomic E-state index is 13.5. The highest BCUT2D eigenvalue weighted by Crippen LogP contribution is 2.46. The number of methoxy groups -OCH3 is 1. The average molecular weight is 471 g/mol. The fraction of sp³-hybridized carbons (Fsp3) is 0.357. The van der Waals surface area contributed by atoms with Crippen LogP contribution in [0.25, 0.3) is 21.8 Å². The van der Waals surface area contributed by atoms with Gasteiger partial charge in [0.2, 0.25) is 5.91 Å². The van der Waals surface area contributed by atoms with E-state index in [-0.39, 0.29) is 24.2 Å². The maximum Gasteiger partial charge on any atom is 0.329 e. The zero-order chi connectivity index (χ0) is 24.1. The van der Waals surface area contributed by atoms with E-state index in [9.17, 15) is 9.59 Å². The molecule has 0 spiro atoms. The molecule has 2 heterocycles. The zero-order valence-corrected chi connectivity index (χ0v) is 20.2. The predicted molar refractivity (Wildman–Crippen MR) is 137 cm³/mol. The molecule has 7 heteroatoms. The highest BCUT2D eigenvalue weighted by atomic mass is 16.5. The van der Waals surface area contributed by atoms with Crippen molar-refractivity contribution < 1.29 is 9.53 Å². The first-order valence-corrected chi connectivity index (χ1v) is 12.3. The predicted octanol–water partition coefficient (Wildman–Crippen LogP) is 3.65. The van der Waals surface area contributed by atoms with Gasteiger partial charge in [-0.25, -0.2) is 4.79 Å². The number of likely N-dealkylation sites (N-methyl/N-ethyl adjacent to an activating group) is 1. The first-order valence-electron chi connectivity index (χ1n) is 12.3. The Morgan fingerprint density at radius 3 is 2.54 bits per heavy atom. The molecule has 180 valence electrons. The standard InChI is InChI=1S/C28H30N4O3/c1-29-25(33)17-31-21-8-3-4-9-22(21)32(28(31)34)20-12-14-30(15-13-20)23-16-19-7-5-6-18-10-11-24(35-2)27(23)26(18)19/h3-11,20,23H,12-17H2,1-2H3,(H,29,33). The molecule has 7 nitrogen and oxygen atoms in total. The summed E-state index contributed by atoms with van der Waals surface area (Å²) in [6.07, 6.45) is 2.77. The number of fused-ring (bicyclic) bond motifs is 1. The molecule has 0 saturated carbocycles.